The Morgan fingerprint density at radius 1 is 1.62 bits per heavy atom. The van der Waals surface area contributed by atoms with Crippen molar-refractivity contribution in [2.24, 2.45) is 0 Å². The van der Waals surface area contributed by atoms with E-state index in [1.165, 1.54) is 7.11 Å². The van der Waals surface area contributed by atoms with Crippen molar-refractivity contribution in [3.8, 4) is 0 Å². The van der Waals surface area contributed by atoms with E-state index in [0.717, 1.165) is 0 Å². The molecule has 1 aromatic rings. The van der Waals surface area contributed by atoms with E-state index >= 15 is 0 Å². The lowest BCUT2D eigenvalue weighted by Gasteiger charge is -2.13. The normalized spacial score (nSPS) is 11.8. The van der Waals surface area contributed by atoms with Crippen molar-refractivity contribution >= 4 is 33.7 Å². The lowest BCUT2D eigenvalue weighted by Crippen LogP contribution is -2.27. The van der Waals surface area contributed by atoms with Crippen molar-refractivity contribution in [1.29, 1.82) is 0 Å². The molecule has 0 aliphatic heterocycles. The number of halogens is 1. The van der Waals surface area contributed by atoms with Crippen molar-refractivity contribution in [2.45, 2.75) is 13.0 Å². The van der Waals surface area contributed by atoms with Gasteiger partial charge in [-0.05, 0) is 22.9 Å². The van der Waals surface area contributed by atoms with Crippen molar-refractivity contribution in [3.63, 3.8) is 0 Å². The lowest BCUT2D eigenvalue weighted by molar-refractivity contribution is -0.141. The third-order valence-corrected chi connectivity index (χ3v) is 2.46. The van der Waals surface area contributed by atoms with E-state index in [-0.39, 0.29) is 5.97 Å². The molecule has 0 saturated heterocycles. The maximum absolute atomic E-state index is 11.2. The largest absolute Gasteiger partial charge is 0.467 e. The van der Waals surface area contributed by atoms with Gasteiger partial charge in [0, 0.05) is 13.2 Å². The first-order chi connectivity index (χ1) is 7.58. The molecule has 0 fully saturated rings. The predicted octanol–water partition coefficient (Wildman–Crippen LogP) is 1.25. The van der Waals surface area contributed by atoms with E-state index in [9.17, 15) is 4.79 Å². The van der Waals surface area contributed by atoms with Gasteiger partial charge in [0.1, 0.15) is 11.9 Å². The van der Waals surface area contributed by atoms with Gasteiger partial charge in [-0.3, -0.25) is 0 Å². The van der Waals surface area contributed by atoms with Crippen LogP contribution in [0.4, 0.5) is 11.8 Å². The number of methoxy groups -OCH3 is 1. The summed E-state index contributed by atoms with van der Waals surface area (Å²) < 4.78 is 5.29. The summed E-state index contributed by atoms with van der Waals surface area (Å²) in [4.78, 5) is 19.4. The molecule has 1 unspecified atom stereocenters. The number of carbonyl (C=O) groups is 1. The molecule has 2 N–H and O–H groups in total. The van der Waals surface area contributed by atoms with E-state index in [4.69, 9.17) is 0 Å². The van der Waals surface area contributed by atoms with Crippen LogP contribution in [0.2, 0.25) is 0 Å². The molecule has 1 heterocycles. The number of nitrogens with zero attached hydrogens (tertiary/aromatic N) is 2. The van der Waals surface area contributed by atoms with Crippen LogP contribution in [0.5, 0.6) is 0 Å². The number of carbonyl (C=O) groups excluding carboxylic acids is 1. The average molecular weight is 289 g/mol. The Kier molecular flexibility index (Phi) is 4.48. The molecule has 0 amide bonds. The maximum atomic E-state index is 11.2. The van der Waals surface area contributed by atoms with Gasteiger partial charge in [0.25, 0.3) is 0 Å². The van der Waals surface area contributed by atoms with Gasteiger partial charge in [0.05, 0.1) is 11.6 Å². The second kappa shape index (κ2) is 5.64. The zero-order valence-electron chi connectivity index (χ0n) is 9.24. The van der Waals surface area contributed by atoms with Gasteiger partial charge in [-0.2, -0.15) is 4.98 Å². The van der Waals surface area contributed by atoms with Crippen molar-refractivity contribution in [2.75, 3.05) is 24.8 Å². The molecule has 0 bridgehead atoms. The number of hydrogen-bond donors (Lipinski definition) is 2. The van der Waals surface area contributed by atoms with Crippen molar-refractivity contribution < 1.29 is 9.53 Å². The highest BCUT2D eigenvalue weighted by atomic mass is 79.9. The minimum atomic E-state index is -0.471. The summed E-state index contributed by atoms with van der Waals surface area (Å²) in [6.07, 6.45) is 1.60. The van der Waals surface area contributed by atoms with Gasteiger partial charge >= 0.3 is 5.97 Å². The summed E-state index contributed by atoms with van der Waals surface area (Å²) in [6.45, 7) is 1.69. The third-order valence-electron chi connectivity index (χ3n) is 1.88. The molecule has 0 radical (unpaired) electrons. The zero-order chi connectivity index (χ0) is 12.1. The molecule has 0 aliphatic rings. The first-order valence-electron chi connectivity index (χ1n) is 4.63. The number of anilines is 2. The van der Waals surface area contributed by atoms with Crippen LogP contribution in [0.15, 0.2) is 10.7 Å². The summed E-state index contributed by atoms with van der Waals surface area (Å²) >= 11 is 3.29. The van der Waals surface area contributed by atoms with Crippen LogP contribution < -0.4 is 10.6 Å². The van der Waals surface area contributed by atoms with Gasteiger partial charge in [-0.15, -0.1) is 0 Å². The standard InChI is InChI=1S/C9H13BrN4O2/c1-5(8(15)16-3)13-7-6(10)4-12-9(11-2)14-7/h4-5H,1-3H3,(H2,11,12,13,14). The summed E-state index contributed by atoms with van der Waals surface area (Å²) in [5.74, 6) is 0.663. The molecule has 1 aromatic heterocycles. The molecule has 7 heteroatoms. The summed E-state index contributed by atoms with van der Waals surface area (Å²) in [5, 5.41) is 5.73. The van der Waals surface area contributed by atoms with E-state index in [2.05, 4.69) is 41.3 Å². The number of aromatic nitrogens is 2. The SMILES string of the molecule is CNc1ncc(Br)c(NC(C)C(=O)OC)n1. The van der Waals surface area contributed by atoms with Gasteiger partial charge in [-0.1, -0.05) is 0 Å². The van der Waals surface area contributed by atoms with Crippen LogP contribution in [-0.4, -0.2) is 36.1 Å². The van der Waals surface area contributed by atoms with Crippen LogP contribution in [0.1, 0.15) is 6.92 Å². The average Bonchev–Trinajstić information content (AvgIpc) is 2.30. The fourth-order valence-corrected chi connectivity index (χ4v) is 1.34. The Bertz CT molecular complexity index is 386. The molecule has 16 heavy (non-hydrogen) atoms. The number of nitrogens with one attached hydrogen (secondary N) is 2. The molecule has 0 saturated carbocycles. The molecule has 1 atom stereocenters. The van der Waals surface area contributed by atoms with Gasteiger partial charge in [0.15, 0.2) is 0 Å². The summed E-state index contributed by atoms with van der Waals surface area (Å²) in [6, 6.07) is -0.471. The molecule has 1 rings (SSSR count). The third kappa shape index (κ3) is 3.06. The van der Waals surface area contributed by atoms with Crippen molar-refractivity contribution in [3.05, 3.63) is 10.7 Å². The monoisotopic (exact) mass is 288 g/mol. The Labute approximate surface area is 102 Å². The predicted molar refractivity (Wildman–Crippen MR) is 64.4 cm³/mol. The maximum Gasteiger partial charge on any atom is 0.328 e. The molecule has 0 aromatic carbocycles. The Balaban J connectivity index is 2.83. The molecule has 0 spiro atoms. The Morgan fingerprint density at radius 2 is 2.31 bits per heavy atom. The minimum absolute atomic E-state index is 0.350. The van der Waals surface area contributed by atoms with E-state index in [1.807, 2.05) is 0 Å². The van der Waals surface area contributed by atoms with Crippen LogP contribution in [-0.2, 0) is 9.53 Å². The molecular weight excluding hydrogens is 276 g/mol. The molecular formula is C9H13BrN4O2. The number of ether oxygens (including phenoxy) is 1. The smallest absolute Gasteiger partial charge is 0.328 e. The number of hydrogen-bond acceptors (Lipinski definition) is 6. The summed E-state index contributed by atoms with van der Waals surface area (Å²) in [7, 11) is 3.06. The highest BCUT2D eigenvalue weighted by Gasteiger charge is 2.15. The van der Waals surface area contributed by atoms with E-state index in [1.54, 1.807) is 20.2 Å². The molecule has 0 aliphatic carbocycles. The van der Waals surface area contributed by atoms with Crippen LogP contribution in [0.25, 0.3) is 0 Å². The molecule has 6 nitrogen and oxygen atoms in total. The quantitative estimate of drug-likeness (QED) is 0.813. The minimum Gasteiger partial charge on any atom is -0.467 e. The Morgan fingerprint density at radius 3 is 2.88 bits per heavy atom. The first kappa shape index (κ1) is 12.7. The van der Waals surface area contributed by atoms with Gasteiger partial charge in [-0.25, -0.2) is 9.78 Å². The van der Waals surface area contributed by atoms with E-state index in [0.29, 0.717) is 16.2 Å². The first-order valence-corrected chi connectivity index (χ1v) is 5.42. The van der Waals surface area contributed by atoms with Crippen LogP contribution in [0, 0.1) is 0 Å². The number of rotatable bonds is 4. The zero-order valence-corrected chi connectivity index (χ0v) is 10.8. The molecule has 88 valence electrons. The topological polar surface area (TPSA) is 76.1 Å². The Hall–Kier alpha value is -1.37. The van der Waals surface area contributed by atoms with Gasteiger partial charge in [0.2, 0.25) is 5.95 Å². The lowest BCUT2D eigenvalue weighted by atomic mass is 10.3. The second-order valence-corrected chi connectivity index (χ2v) is 3.88. The van der Waals surface area contributed by atoms with Crippen LogP contribution in [0.3, 0.4) is 0 Å². The van der Waals surface area contributed by atoms with E-state index < -0.39 is 6.04 Å². The highest BCUT2D eigenvalue weighted by Crippen LogP contribution is 2.20. The van der Waals surface area contributed by atoms with Crippen LogP contribution >= 0.6 is 15.9 Å². The second-order valence-electron chi connectivity index (χ2n) is 3.03. The van der Waals surface area contributed by atoms with Crippen molar-refractivity contribution in [1.82, 2.24) is 9.97 Å². The summed E-state index contributed by atoms with van der Waals surface area (Å²) in [5.41, 5.74) is 0. The fraction of sp³-hybridized carbons (Fsp3) is 0.444. The highest BCUT2D eigenvalue weighted by molar-refractivity contribution is 9.10. The van der Waals surface area contributed by atoms with Gasteiger partial charge < -0.3 is 15.4 Å². The fourth-order valence-electron chi connectivity index (χ4n) is 1.03. The number of esters is 1.